The Balaban J connectivity index is 2.27. The van der Waals surface area contributed by atoms with E-state index in [1.165, 1.54) is 0 Å². The van der Waals surface area contributed by atoms with Crippen LogP contribution in [-0.4, -0.2) is 51.9 Å². The first-order chi connectivity index (χ1) is 14.8. The van der Waals surface area contributed by atoms with Gasteiger partial charge in [-0.3, -0.25) is 0 Å². The number of aliphatic hydroxyl groups is 3. The van der Waals surface area contributed by atoms with Gasteiger partial charge >= 0.3 is 0 Å². The molecule has 0 amide bonds. The van der Waals surface area contributed by atoms with Crippen LogP contribution >= 0.6 is 11.6 Å². The van der Waals surface area contributed by atoms with Gasteiger partial charge in [0.25, 0.3) is 0 Å². The van der Waals surface area contributed by atoms with Crippen molar-refractivity contribution in [1.29, 1.82) is 0 Å². The second-order valence-corrected chi connectivity index (χ2v) is 8.44. The van der Waals surface area contributed by atoms with Gasteiger partial charge in [0.2, 0.25) is 0 Å². The van der Waals surface area contributed by atoms with E-state index < -0.39 is 30.0 Å². The van der Waals surface area contributed by atoms with Crippen LogP contribution in [0.15, 0.2) is 59.2 Å². The molecule has 172 valence electrons. The molecule has 0 saturated carbocycles. The van der Waals surface area contributed by atoms with E-state index in [9.17, 15) is 15.3 Å². The Hall–Kier alpha value is -1.63. The first-order valence-corrected chi connectivity index (χ1v) is 11.3. The van der Waals surface area contributed by atoms with E-state index in [-0.39, 0.29) is 0 Å². The standard InChI is InChI=1S/C25H35ClO5/c1-5-25(6-2)24(29)22(28)21(27)23(31-25)19(14-11-17(4)26)10-8-9-18-12-15-20(16-13-18)30-7-3/h8,10-16,21-24,27-29H,5-7,9H2,1-4H3/b10-8+,17-11+,19-14+/t21-,22-,23+,24+/m1/s1. The predicted molar refractivity (Wildman–Crippen MR) is 124 cm³/mol. The van der Waals surface area contributed by atoms with Crippen LogP contribution in [-0.2, 0) is 11.2 Å². The number of aliphatic hydroxyl groups excluding tert-OH is 3. The third kappa shape index (κ3) is 6.43. The fourth-order valence-corrected chi connectivity index (χ4v) is 3.91. The molecule has 1 aliphatic rings. The van der Waals surface area contributed by atoms with Gasteiger partial charge in [-0.2, -0.15) is 0 Å². The van der Waals surface area contributed by atoms with Gasteiger partial charge in [-0.1, -0.05) is 55.8 Å². The number of halogens is 1. The summed E-state index contributed by atoms with van der Waals surface area (Å²) in [6.07, 6.45) is 4.55. The lowest BCUT2D eigenvalue weighted by Gasteiger charge is -2.49. The van der Waals surface area contributed by atoms with E-state index in [1.807, 2.05) is 57.2 Å². The molecule has 1 saturated heterocycles. The zero-order valence-electron chi connectivity index (χ0n) is 18.8. The molecule has 0 unspecified atom stereocenters. The molecule has 0 spiro atoms. The van der Waals surface area contributed by atoms with Gasteiger partial charge in [0.15, 0.2) is 0 Å². The molecule has 3 N–H and O–H groups in total. The van der Waals surface area contributed by atoms with Gasteiger partial charge in [0.1, 0.15) is 30.2 Å². The highest BCUT2D eigenvalue weighted by Gasteiger charge is 2.51. The second-order valence-electron chi connectivity index (χ2n) is 7.84. The van der Waals surface area contributed by atoms with E-state index in [2.05, 4.69) is 0 Å². The summed E-state index contributed by atoms with van der Waals surface area (Å²) in [5.74, 6) is 0.834. The number of benzene rings is 1. The number of rotatable bonds is 9. The molecule has 1 heterocycles. The smallest absolute Gasteiger partial charge is 0.119 e. The summed E-state index contributed by atoms with van der Waals surface area (Å²) in [6, 6.07) is 7.89. The van der Waals surface area contributed by atoms with Crippen molar-refractivity contribution in [1.82, 2.24) is 0 Å². The van der Waals surface area contributed by atoms with Crippen LogP contribution in [0.3, 0.4) is 0 Å². The number of hydrogen-bond acceptors (Lipinski definition) is 5. The molecule has 1 fully saturated rings. The predicted octanol–water partition coefficient (Wildman–Crippen LogP) is 4.29. The molecule has 4 atom stereocenters. The normalized spacial score (nSPS) is 27.0. The lowest BCUT2D eigenvalue weighted by molar-refractivity contribution is -0.260. The Morgan fingerprint density at radius 3 is 2.26 bits per heavy atom. The van der Waals surface area contributed by atoms with Gasteiger partial charge in [-0.15, -0.1) is 0 Å². The zero-order chi connectivity index (χ0) is 23.0. The number of allylic oxidation sites excluding steroid dienone is 4. The maximum Gasteiger partial charge on any atom is 0.119 e. The highest BCUT2D eigenvalue weighted by atomic mass is 35.5. The van der Waals surface area contributed by atoms with Crippen molar-refractivity contribution in [3.63, 3.8) is 0 Å². The van der Waals surface area contributed by atoms with Crippen LogP contribution in [0.25, 0.3) is 0 Å². The maximum atomic E-state index is 10.7. The van der Waals surface area contributed by atoms with E-state index in [0.717, 1.165) is 11.3 Å². The Morgan fingerprint density at radius 2 is 1.71 bits per heavy atom. The van der Waals surface area contributed by atoms with E-state index >= 15 is 0 Å². The summed E-state index contributed by atoms with van der Waals surface area (Å²) in [4.78, 5) is 0. The SMILES string of the molecule is CCOc1ccc(C/C=C/C(=C\C=C(/C)Cl)[C@@H]2OC(CC)(CC)[C@@H](O)[C@H](O)[C@H]2O)cc1. The summed E-state index contributed by atoms with van der Waals surface area (Å²) in [5, 5.41) is 32.3. The zero-order valence-corrected chi connectivity index (χ0v) is 19.5. The Morgan fingerprint density at radius 1 is 1.06 bits per heavy atom. The van der Waals surface area contributed by atoms with Crippen LogP contribution in [0, 0.1) is 0 Å². The molecule has 1 aromatic rings. The van der Waals surface area contributed by atoms with Crippen molar-refractivity contribution in [2.24, 2.45) is 0 Å². The molecule has 0 aromatic heterocycles. The minimum atomic E-state index is -1.30. The maximum absolute atomic E-state index is 10.7. The average Bonchev–Trinajstić information content (AvgIpc) is 2.77. The monoisotopic (exact) mass is 450 g/mol. The van der Waals surface area contributed by atoms with Gasteiger partial charge < -0.3 is 24.8 Å². The van der Waals surface area contributed by atoms with Gasteiger partial charge in [-0.25, -0.2) is 0 Å². The van der Waals surface area contributed by atoms with Crippen molar-refractivity contribution in [3.8, 4) is 5.75 Å². The third-order valence-corrected chi connectivity index (χ3v) is 5.94. The second kappa shape index (κ2) is 11.8. The largest absolute Gasteiger partial charge is 0.494 e. The van der Waals surface area contributed by atoms with Crippen molar-refractivity contribution in [2.75, 3.05) is 6.61 Å². The first kappa shape index (κ1) is 25.6. The lowest BCUT2D eigenvalue weighted by Crippen LogP contribution is -2.64. The first-order valence-electron chi connectivity index (χ1n) is 10.9. The van der Waals surface area contributed by atoms with E-state index in [4.69, 9.17) is 21.1 Å². The molecule has 1 aromatic carbocycles. The molecular weight excluding hydrogens is 416 g/mol. The summed E-state index contributed by atoms with van der Waals surface area (Å²) in [7, 11) is 0. The molecular formula is C25H35ClO5. The molecule has 0 bridgehead atoms. The van der Waals surface area contributed by atoms with Crippen molar-refractivity contribution in [2.45, 2.75) is 77.0 Å². The van der Waals surface area contributed by atoms with Crippen LogP contribution in [0.5, 0.6) is 5.75 Å². The minimum absolute atomic E-state index is 0.512. The van der Waals surface area contributed by atoms with Crippen LogP contribution in [0.1, 0.15) is 46.1 Å². The number of ether oxygens (including phenoxy) is 2. The quantitative estimate of drug-likeness (QED) is 0.489. The topological polar surface area (TPSA) is 79.2 Å². The van der Waals surface area contributed by atoms with Crippen molar-refractivity contribution in [3.05, 3.63) is 64.7 Å². The molecule has 31 heavy (non-hydrogen) atoms. The van der Waals surface area contributed by atoms with E-state index in [0.29, 0.717) is 36.5 Å². The highest BCUT2D eigenvalue weighted by molar-refractivity contribution is 6.29. The molecule has 0 aliphatic carbocycles. The minimum Gasteiger partial charge on any atom is -0.494 e. The van der Waals surface area contributed by atoms with Crippen molar-refractivity contribution < 1.29 is 24.8 Å². The molecule has 0 radical (unpaired) electrons. The number of hydrogen-bond donors (Lipinski definition) is 3. The van der Waals surface area contributed by atoms with Crippen LogP contribution in [0.4, 0.5) is 0 Å². The molecule has 5 nitrogen and oxygen atoms in total. The van der Waals surface area contributed by atoms with Crippen LogP contribution < -0.4 is 4.74 Å². The summed E-state index contributed by atoms with van der Waals surface area (Å²) in [6.45, 7) is 8.15. The molecule has 6 heteroatoms. The Labute approximate surface area is 190 Å². The summed E-state index contributed by atoms with van der Waals surface area (Å²) < 4.78 is 11.7. The van der Waals surface area contributed by atoms with Gasteiger partial charge in [-0.05, 0) is 62.5 Å². The molecule has 2 rings (SSSR count). The lowest BCUT2D eigenvalue weighted by atomic mass is 9.79. The third-order valence-electron chi connectivity index (χ3n) is 5.81. The highest BCUT2D eigenvalue weighted by Crippen LogP contribution is 2.38. The Kier molecular flexibility index (Phi) is 9.79. The average molecular weight is 451 g/mol. The fourth-order valence-electron chi connectivity index (χ4n) is 3.85. The fraction of sp³-hybridized carbons (Fsp3) is 0.520. The van der Waals surface area contributed by atoms with Gasteiger partial charge in [0.05, 0.1) is 12.2 Å². The van der Waals surface area contributed by atoms with E-state index in [1.54, 1.807) is 19.1 Å². The van der Waals surface area contributed by atoms with Crippen LogP contribution in [0.2, 0.25) is 0 Å². The van der Waals surface area contributed by atoms with Gasteiger partial charge in [0, 0.05) is 5.03 Å². The Bertz CT molecular complexity index is 776. The molecule has 1 aliphatic heterocycles. The van der Waals surface area contributed by atoms with Crippen molar-refractivity contribution >= 4 is 11.6 Å². The summed E-state index contributed by atoms with van der Waals surface area (Å²) >= 11 is 6.02. The summed E-state index contributed by atoms with van der Waals surface area (Å²) in [5.41, 5.74) is 0.862.